The van der Waals surface area contributed by atoms with Gasteiger partial charge in [0, 0.05) is 21.2 Å². The fourth-order valence-electron chi connectivity index (χ4n) is 3.35. The number of para-hydroxylation sites is 1. The van der Waals surface area contributed by atoms with Gasteiger partial charge in [0.1, 0.15) is 5.75 Å². The van der Waals surface area contributed by atoms with Gasteiger partial charge in [-0.1, -0.05) is 78.9 Å². The molecule has 1 heterocycles. The Bertz CT molecular complexity index is 1180. The van der Waals surface area contributed by atoms with Gasteiger partial charge < -0.3 is 4.74 Å². The van der Waals surface area contributed by atoms with Gasteiger partial charge in [-0.15, -0.1) is 0 Å². The van der Waals surface area contributed by atoms with E-state index in [1.807, 2.05) is 84.9 Å². The van der Waals surface area contributed by atoms with Gasteiger partial charge in [-0.2, -0.15) is 0 Å². The van der Waals surface area contributed by atoms with E-state index in [1.165, 1.54) is 0 Å². The molecule has 0 aliphatic carbocycles. The molecule has 1 aliphatic rings. The van der Waals surface area contributed by atoms with E-state index in [1.54, 1.807) is 6.26 Å². The summed E-state index contributed by atoms with van der Waals surface area (Å²) < 4.78 is 32.5. The summed E-state index contributed by atoms with van der Waals surface area (Å²) in [6.07, 6.45) is 1.56. The number of halogens is 1. The highest BCUT2D eigenvalue weighted by Gasteiger charge is 2.26. The third-order valence-corrected chi connectivity index (χ3v) is 7.04. The summed E-state index contributed by atoms with van der Waals surface area (Å²) in [5, 5.41) is 0. The Hall–Kier alpha value is -2.63. The third-order valence-electron chi connectivity index (χ3n) is 4.66. The van der Waals surface area contributed by atoms with Crippen molar-refractivity contribution >= 4 is 35.8 Å². The molecule has 4 rings (SSSR count). The summed E-state index contributed by atoms with van der Waals surface area (Å²) in [5.41, 5.74) is 4.10. The highest BCUT2D eigenvalue weighted by molar-refractivity contribution is 9.15. The number of rotatable bonds is 5. The molecule has 146 valence electrons. The number of fused-ring (bicyclic) bond motifs is 1. The van der Waals surface area contributed by atoms with E-state index in [0.29, 0.717) is 11.3 Å². The topological polar surface area (TPSA) is 43.4 Å². The van der Waals surface area contributed by atoms with Crippen molar-refractivity contribution < 1.29 is 13.2 Å². The van der Waals surface area contributed by atoms with Gasteiger partial charge in [0.05, 0.1) is 17.8 Å². The fraction of sp³-hybridized carbons (Fsp3) is 0.0833. The molecule has 0 aromatic heterocycles. The first-order valence-electron chi connectivity index (χ1n) is 9.18. The lowest BCUT2D eigenvalue weighted by molar-refractivity contribution is 0.470. The largest absolute Gasteiger partial charge is 0.464 e. The smallest absolute Gasteiger partial charge is 0.158 e. The molecule has 3 aromatic rings. The molecule has 0 atom stereocenters. The lowest BCUT2D eigenvalue weighted by Gasteiger charge is -2.22. The van der Waals surface area contributed by atoms with E-state index in [2.05, 4.69) is 15.9 Å². The van der Waals surface area contributed by atoms with Gasteiger partial charge in [-0.25, -0.2) is 8.42 Å². The minimum Gasteiger partial charge on any atom is -0.464 e. The second-order valence-corrected chi connectivity index (χ2v) is 9.69. The summed E-state index contributed by atoms with van der Waals surface area (Å²) in [7, 11) is -3.39. The van der Waals surface area contributed by atoms with E-state index in [9.17, 15) is 8.42 Å². The van der Waals surface area contributed by atoms with Crippen molar-refractivity contribution in [2.75, 3.05) is 5.75 Å². The minimum atomic E-state index is -3.39. The van der Waals surface area contributed by atoms with Gasteiger partial charge in [-0.3, -0.25) is 0 Å². The standard InChI is InChI=1S/C24H19BrO3S/c25-24(19-11-5-2-6-12-19)23-20(15-28-22-14-8-7-13-21(22)23)17-29(26,27)16-18-9-3-1-4-10-18/h1-15H,16-17H2/b24-23-. The molecule has 3 nitrogen and oxygen atoms in total. The molecule has 0 unspecified atom stereocenters. The van der Waals surface area contributed by atoms with Gasteiger partial charge in [0.25, 0.3) is 0 Å². The zero-order valence-corrected chi connectivity index (χ0v) is 18.0. The summed E-state index contributed by atoms with van der Waals surface area (Å²) in [5.74, 6) is 0.593. The van der Waals surface area contributed by atoms with Crippen LogP contribution in [0.25, 0.3) is 10.1 Å². The van der Waals surface area contributed by atoms with Crippen LogP contribution < -0.4 is 4.74 Å². The van der Waals surface area contributed by atoms with Crippen LogP contribution in [0.2, 0.25) is 0 Å². The number of hydrogen-bond donors (Lipinski definition) is 0. The molecule has 0 radical (unpaired) electrons. The number of allylic oxidation sites excluding steroid dienone is 1. The Kier molecular flexibility index (Phi) is 5.69. The summed E-state index contributed by atoms with van der Waals surface area (Å²) >= 11 is 3.72. The van der Waals surface area contributed by atoms with Crippen molar-refractivity contribution in [1.82, 2.24) is 0 Å². The van der Waals surface area contributed by atoms with Crippen LogP contribution in [-0.2, 0) is 15.6 Å². The van der Waals surface area contributed by atoms with E-state index < -0.39 is 9.84 Å². The van der Waals surface area contributed by atoms with E-state index >= 15 is 0 Å². The molecule has 0 N–H and O–H groups in total. The van der Waals surface area contributed by atoms with Crippen molar-refractivity contribution in [3.8, 4) is 5.75 Å². The molecule has 0 saturated heterocycles. The fourth-order valence-corrected chi connectivity index (χ4v) is 5.57. The Balaban J connectivity index is 1.75. The zero-order chi connectivity index (χ0) is 20.3. The highest BCUT2D eigenvalue weighted by atomic mass is 79.9. The number of ether oxygens (including phenoxy) is 1. The first-order chi connectivity index (χ1) is 14.0. The van der Waals surface area contributed by atoms with Gasteiger partial charge >= 0.3 is 0 Å². The van der Waals surface area contributed by atoms with Crippen LogP contribution in [-0.4, -0.2) is 14.2 Å². The predicted molar refractivity (Wildman–Crippen MR) is 121 cm³/mol. The Labute approximate surface area is 179 Å². The van der Waals surface area contributed by atoms with Crippen LogP contribution in [0.5, 0.6) is 5.75 Å². The first-order valence-corrected chi connectivity index (χ1v) is 11.8. The van der Waals surface area contributed by atoms with Crippen LogP contribution in [0.4, 0.5) is 0 Å². The van der Waals surface area contributed by atoms with Gasteiger partial charge in [0.15, 0.2) is 9.84 Å². The SMILES string of the molecule is O=S(=O)(CC1=COc2ccccc2/C1=C(\Br)c1ccccc1)Cc1ccccc1. The maximum absolute atomic E-state index is 13.0. The minimum absolute atomic E-state index is 0.0109. The maximum atomic E-state index is 13.0. The second-order valence-electron chi connectivity index (χ2n) is 6.83. The average molecular weight is 467 g/mol. The van der Waals surface area contributed by atoms with Crippen molar-refractivity contribution in [3.63, 3.8) is 0 Å². The van der Waals surface area contributed by atoms with Crippen LogP contribution in [0.3, 0.4) is 0 Å². The Morgan fingerprint density at radius 1 is 0.793 bits per heavy atom. The highest BCUT2D eigenvalue weighted by Crippen LogP contribution is 2.43. The van der Waals surface area contributed by atoms with E-state index in [0.717, 1.165) is 26.7 Å². The molecule has 0 fully saturated rings. The number of benzene rings is 3. The summed E-state index contributed by atoms with van der Waals surface area (Å²) in [6.45, 7) is 0. The number of hydrogen-bond acceptors (Lipinski definition) is 3. The first kappa shape index (κ1) is 19.7. The number of sulfone groups is 1. The average Bonchev–Trinajstić information content (AvgIpc) is 2.74. The molecule has 0 spiro atoms. The van der Waals surface area contributed by atoms with Crippen molar-refractivity contribution in [1.29, 1.82) is 0 Å². The molecule has 3 aromatic carbocycles. The molecule has 29 heavy (non-hydrogen) atoms. The van der Waals surface area contributed by atoms with Crippen LogP contribution in [0.15, 0.2) is 96.8 Å². The lowest BCUT2D eigenvalue weighted by Crippen LogP contribution is -2.15. The lowest BCUT2D eigenvalue weighted by atomic mass is 9.95. The van der Waals surface area contributed by atoms with Crippen molar-refractivity contribution in [3.05, 3.63) is 113 Å². The van der Waals surface area contributed by atoms with Crippen molar-refractivity contribution in [2.24, 2.45) is 0 Å². The van der Waals surface area contributed by atoms with Crippen LogP contribution in [0, 0.1) is 0 Å². The van der Waals surface area contributed by atoms with Gasteiger partial charge in [0.2, 0.25) is 0 Å². The zero-order valence-electron chi connectivity index (χ0n) is 15.6. The third kappa shape index (κ3) is 4.52. The monoisotopic (exact) mass is 466 g/mol. The predicted octanol–water partition coefficient (Wildman–Crippen LogP) is 5.84. The van der Waals surface area contributed by atoms with Crippen LogP contribution >= 0.6 is 15.9 Å². The van der Waals surface area contributed by atoms with E-state index in [-0.39, 0.29) is 11.5 Å². The summed E-state index contributed by atoms with van der Waals surface area (Å²) in [6, 6.07) is 26.7. The van der Waals surface area contributed by atoms with Gasteiger partial charge in [-0.05, 0) is 33.1 Å². The Morgan fingerprint density at radius 3 is 2.14 bits per heavy atom. The van der Waals surface area contributed by atoms with E-state index in [4.69, 9.17) is 4.74 Å². The quantitative estimate of drug-likeness (QED) is 0.474. The molecule has 1 aliphatic heterocycles. The molecular weight excluding hydrogens is 448 g/mol. The maximum Gasteiger partial charge on any atom is 0.158 e. The molecule has 0 saturated carbocycles. The van der Waals surface area contributed by atoms with Crippen molar-refractivity contribution in [2.45, 2.75) is 5.75 Å². The molecule has 0 amide bonds. The summed E-state index contributed by atoms with van der Waals surface area (Å²) in [4.78, 5) is 0. The molecular formula is C24H19BrO3S. The molecule has 5 heteroatoms. The molecule has 0 bridgehead atoms. The Morgan fingerprint density at radius 2 is 1.41 bits per heavy atom. The second kappa shape index (κ2) is 8.39. The van der Waals surface area contributed by atoms with Crippen LogP contribution in [0.1, 0.15) is 16.7 Å². The normalized spacial score (nSPS) is 15.1.